The molecular formula is C22H24ClFN6. The summed E-state index contributed by atoms with van der Waals surface area (Å²) < 4.78 is 16.0. The highest BCUT2D eigenvalue weighted by atomic mass is 35.5. The highest BCUT2D eigenvalue weighted by molar-refractivity contribution is 6.36. The third-order valence-electron chi connectivity index (χ3n) is 5.89. The summed E-state index contributed by atoms with van der Waals surface area (Å²) in [5.74, 6) is 0.661. The van der Waals surface area contributed by atoms with Crippen LogP contribution in [-0.2, 0) is 7.05 Å². The maximum absolute atomic E-state index is 14.4. The van der Waals surface area contributed by atoms with Crippen molar-refractivity contribution in [1.29, 1.82) is 0 Å². The number of nitrogens with one attached hydrogen (secondary N) is 3. The first kappa shape index (κ1) is 19.3. The number of hydrogen-bond donors (Lipinski definition) is 3. The molecule has 0 amide bonds. The van der Waals surface area contributed by atoms with Crippen LogP contribution in [0.15, 0.2) is 30.5 Å². The number of halogens is 2. The molecule has 6 nitrogen and oxygen atoms in total. The minimum Gasteiger partial charge on any atom is -0.338 e. The van der Waals surface area contributed by atoms with Crippen LogP contribution in [-0.4, -0.2) is 32.1 Å². The van der Waals surface area contributed by atoms with Gasteiger partial charge < -0.3 is 10.6 Å². The Morgan fingerprint density at radius 3 is 2.70 bits per heavy atom. The third kappa shape index (κ3) is 3.42. The van der Waals surface area contributed by atoms with E-state index in [2.05, 4.69) is 45.8 Å². The van der Waals surface area contributed by atoms with Crippen molar-refractivity contribution in [2.24, 2.45) is 7.05 Å². The van der Waals surface area contributed by atoms with Gasteiger partial charge in [0.25, 0.3) is 0 Å². The molecule has 0 spiro atoms. The first-order valence-electron chi connectivity index (χ1n) is 10.2. The zero-order valence-electron chi connectivity index (χ0n) is 17.1. The second-order valence-corrected chi connectivity index (χ2v) is 8.87. The molecule has 3 heterocycles. The fourth-order valence-corrected chi connectivity index (χ4v) is 5.04. The molecule has 8 heteroatoms. The Morgan fingerprint density at radius 2 is 1.93 bits per heavy atom. The molecule has 0 saturated carbocycles. The van der Waals surface area contributed by atoms with Gasteiger partial charge in [0.15, 0.2) is 11.6 Å². The minimum atomic E-state index is -0.377. The van der Waals surface area contributed by atoms with Gasteiger partial charge in [0.2, 0.25) is 0 Å². The maximum atomic E-state index is 14.4. The lowest BCUT2D eigenvalue weighted by Crippen LogP contribution is -2.41. The zero-order valence-corrected chi connectivity index (χ0v) is 17.9. The molecule has 5 rings (SSSR count). The monoisotopic (exact) mass is 426 g/mol. The SMILES string of the molecule is C[C@@H]1CC(c2cc(Cl)c3c(Nc4cc(F)c5nn(C)cc5c4)n[nH]c3c2)C[C@H](C)N1. The van der Waals surface area contributed by atoms with Crippen LogP contribution in [0.25, 0.3) is 21.8 Å². The van der Waals surface area contributed by atoms with E-state index in [-0.39, 0.29) is 5.82 Å². The highest BCUT2D eigenvalue weighted by Crippen LogP contribution is 2.37. The van der Waals surface area contributed by atoms with E-state index < -0.39 is 0 Å². The number of fused-ring (bicyclic) bond motifs is 2. The van der Waals surface area contributed by atoms with Crippen LogP contribution in [0.1, 0.15) is 38.2 Å². The number of rotatable bonds is 3. The van der Waals surface area contributed by atoms with Crippen molar-refractivity contribution in [3.63, 3.8) is 0 Å². The Labute approximate surface area is 178 Å². The molecule has 1 aliphatic rings. The summed E-state index contributed by atoms with van der Waals surface area (Å²) in [6.07, 6.45) is 3.94. The van der Waals surface area contributed by atoms with E-state index >= 15 is 0 Å². The van der Waals surface area contributed by atoms with Crippen molar-refractivity contribution in [2.45, 2.75) is 44.7 Å². The molecule has 2 aromatic heterocycles. The highest BCUT2D eigenvalue weighted by Gasteiger charge is 2.25. The fourth-order valence-electron chi connectivity index (χ4n) is 4.72. The Balaban J connectivity index is 1.49. The van der Waals surface area contributed by atoms with E-state index in [1.165, 1.54) is 11.6 Å². The summed E-state index contributed by atoms with van der Waals surface area (Å²) >= 11 is 6.69. The zero-order chi connectivity index (χ0) is 21.0. The number of hydrogen-bond acceptors (Lipinski definition) is 4. The van der Waals surface area contributed by atoms with E-state index in [0.717, 1.165) is 29.1 Å². The molecule has 4 aromatic rings. The van der Waals surface area contributed by atoms with Crippen LogP contribution < -0.4 is 10.6 Å². The van der Waals surface area contributed by atoms with Gasteiger partial charge in [0.1, 0.15) is 5.52 Å². The molecule has 156 valence electrons. The van der Waals surface area contributed by atoms with Crippen LogP contribution in [0.5, 0.6) is 0 Å². The lowest BCUT2D eigenvalue weighted by Gasteiger charge is -2.33. The van der Waals surface area contributed by atoms with Crippen molar-refractivity contribution >= 4 is 44.9 Å². The van der Waals surface area contributed by atoms with Crippen molar-refractivity contribution in [1.82, 2.24) is 25.3 Å². The summed E-state index contributed by atoms with van der Waals surface area (Å²) in [5.41, 5.74) is 3.05. The maximum Gasteiger partial charge on any atom is 0.161 e. The van der Waals surface area contributed by atoms with Crippen LogP contribution in [0.2, 0.25) is 5.02 Å². The number of aromatic nitrogens is 4. The van der Waals surface area contributed by atoms with Crippen LogP contribution in [0.4, 0.5) is 15.9 Å². The molecule has 2 aromatic carbocycles. The molecule has 1 fully saturated rings. The molecule has 30 heavy (non-hydrogen) atoms. The van der Waals surface area contributed by atoms with Gasteiger partial charge in [-0.15, -0.1) is 0 Å². The number of benzene rings is 2. The van der Waals surface area contributed by atoms with Gasteiger partial charge in [-0.2, -0.15) is 10.2 Å². The molecule has 0 bridgehead atoms. The van der Waals surface area contributed by atoms with Crippen LogP contribution >= 0.6 is 11.6 Å². The predicted molar refractivity (Wildman–Crippen MR) is 119 cm³/mol. The van der Waals surface area contributed by atoms with E-state index in [1.54, 1.807) is 17.9 Å². The van der Waals surface area contributed by atoms with Crippen molar-refractivity contribution < 1.29 is 4.39 Å². The number of piperidine rings is 1. The summed E-state index contributed by atoms with van der Waals surface area (Å²) in [5, 5.41) is 20.6. The van der Waals surface area contributed by atoms with Gasteiger partial charge in [-0.3, -0.25) is 9.78 Å². The topological polar surface area (TPSA) is 70.6 Å². The minimum absolute atomic E-state index is 0.350. The molecule has 1 unspecified atom stereocenters. The predicted octanol–water partition coefficient (Wildman–Crippen LogP) is 5.23. The summed E-state index contributed by atoms with van der Waals surface area (Å²) in [7, 11) is 1.77. The Morgan fingerprint density at radius 1 is 1.17 bits per heavy atom. The number of aryl methyl sites for hydroxylation is 1. The Hall–Kier alpha value is -2.64. The van der Waals surface area contributed by atoms with Crippen molar-refractivity contribution in [3.8, 4) is 0 Å². The largest absolute Gasteiger partial charge is 0.338 e. The van der Waals surface area contributed by atoms with Crippen LogP contribution in [0.3, 0.4) is 0 Å². The quantitative estimate of drug-likeness (QED) is 0.419. The van der Waals surface area contributed by atoms with Crippen molar-refractivity contribution in [3.05, 3.63) is 46.9 Å². The Bertz CT molecular complexity index is 1240. The molecule has 1 aliphatic heterocycles. The van der Waals surface area contributed by atoms with Gasteiger partial charge >= 0.3 is 0 Å². The lowest BCUT2D eigenvalue weighted by atomic mass is 9.83. The van der Waals surface area contributed by atoms with Gasteiger partial charge in [-0.25, -0.2) is 4.39 Å². The molecule has 0 aliphatic carbocycles. The van der Waals surface area contributed by atoms with Gasteiger partial charge in [-0.05, 0) is 62.4 Å². The lowest BCUT2D eigenvalue weighted by molar-refractivity contribution is 0.317. The molecule has 0 radical (unpaired) electrons. The van der Waals surface area contributed by atoms with E-state index in [0.29, 0.717) is 40.0 Å². The summed E-state index contributed by atoms with van der Waals surface area (Å²) in [6, 6.07) is 8.42. The van der Waals surface area contributed by atoms with Gasteiger partial charge in [0, 0.05) is 36.4 Å². The average Bonchev–Trinajstić information content (AvgIpc) is 3.24. The number of aromatic amines is 1. The Kier molecular flexibility index (Phi) is 4.67. The first-order valence-corrected chi connectivity index (χ1v) is 10.6. The fraction of sp³-hybridized carbons (Fsp3) is 0.364. The second-order valence-electron chi connectivity index (χ2n) is 8.46. The molecule has 1 saturated heterocycles. The summed E-state index contributed by atoms with van der Waals surface area (Å²) in [6.45, 7) is 4.44. The number of nitrogens with zero attached hydrogens (tertiary/aromatic N) is 3. The second kappa shape index (κ2) is 7.25. The molecule has 3 N–H and O–H groups in total. The van der Waals surface area contributed by atoms with Gasteiger partial charge in [-0.1, -0.05) is 11.6 Å². The smallest absolute Gasteiger partial charge is 0.161 e. The summed E-state index contributed by atoms with van der Waals surface area (Å²) in [4.78, 5) is 0. The van der Waals surface area contributed by atoms with E-state index in [4.69, 9.17) is 11.6 Å². The van der Waals surface area contributed by atoms with Crippen LogP contribution in [0, 0.1) is 5.82 Å². The molecular weight excluding hydrogens is 403 g/mol. The average molecular weight is 427 g/mol. The van der Waals surface area contributed by atoms with Gasteiger partial charge in [0.05, 0.1) is 15.9 Å². The molecule has 3 atom stereocenters. The standard InChI is InChI=1S/C22H24ClFN6/c1-11-4-13(5-12(2)25-11)14-7-17(23)20-19(8-14)27-28-22(20)26-16-6-15-10-30(3)29-21(15)18(24)9-16/h6-13,25H,4-5H2,1-3H3,(H2,26,27,28)/t11-,12+,13?. The van der Waals surface area contributed by atoms with E-state index in [1.807, 2.05) is 12.1 Å². The number of H-pyrrole nitrogens is 1. The normalized spacial score (nSPS) is 22.1. The van der Waals surface area contributed by atoms with E-state index in [9.17, 15) is 4.39 Å². The number of anilines is 2. The van der Waals surface area contributed by atoms with Crippen molar-refractivity contribution in [2.75, 3.05) is 5.32 Å². The third-order valence-corrected chi connectivity index (χ3v) is 6.19. The first-order chi connectivity index (χ1) is 14.4.